The average Bonchev–Trinajstić information content (AvgIpc) is 3.28. The summed E-state index contributed by atoms with van der Waals surface area (Å²) in [6.45, 7) is 5.72. The zero-order valence-electron chi connectivity index (χ0n) is 13.1. The van der Waals surface area contributed by atoms with Gasteiger partial charge < -0.3 is 9.64 Å². The van der Waals surface area contributed by atoms with Crippen LogP contribution in [0.5, 0.6) is 5.88 Å². The maximum atomic E-state index is 5.78. The number of pyridine rings is 1. The second-order valence-corrected chi connectivity index (χ2v) is 6.49. The smallest absolute Gasteiger partial charge is 0.228 e. The molecule has 1 fully saturated rings. The molecular weight excluding hydrogens is 330 g/mol. The predicted molar refractivity (Wildman–Crippen MR) is 90.6 cm³/mol. The van der Waals surface area contributed by atoms with Gasteiger partial charge in [-0.1, -0.05) is 12.8 Å². The van der Waals surface area contributed by atoms with Gasteiger partial charge in [0, 0.05) is 13.6 Å². The van der Waals surface area contributed by atoms with E-state index in [1.807, 2.05) is 31.3 Å². The number of halogens is 1. The zero-order chi connectivity index (χ0) is 15.2. The van der Waals surface area contributed by atoms with Crippen molar-refractivity contribution in [2.75, 3.05) is 20.2 Å². The Morgan fingerprint density at radius 1 is 1.52 bits per heavy atom. The number of aromatic nitrogens is 1. The minimum atomic E-state index is 0.672. The highest BCUT2D eigenvalue weighted by Gasteiger charge is 2.20. The van der Waals surface area contributed by atoms with Crippen molar-refractivity contribution in [1.29, 1.82) is 0 Å². The first-order chi connectivity index (χ1) is 10.1. The highest BCUT2D eigenvalue weighted by molar-refractivity contribution is 9.10. The van der Waals surface area contributed by atoms with Gasteiger partial charge >= 0.3 is 0 Å². The van der Waals surface area contributed by atoms with Crippen molar-refractivity contribution >= 4 is 28.0 Å². The Bertz CT molecular complexity index is 501. The molecule has 5 heteroatoms. The Kier molecular flexibility index (Phi) is 6.03. The van der Waals surface area contributed by atoms with Crippen LogP contribution in [0.1, 0.15) is 38.3 Å². The van der Waals surface area contributed by atoms with Crippen LogP contribution in [0.3, 0.4) is 0 Å². The molecule has 1 aromatic heterocycles. The van der Waals surface area contributed by atoms with Crippen molar-refractivity contribution in [1.82, 2.24) is 9.88 Å². The molecular formula is C16H24BrN3O. The largest absolute Gasteiger partial charge is 0.477 e. The number of ether oxygens (including phenoxy) is 1. The zero-order valence-corrected chi connectivity index (χ0v) is 14.7. The molecule has 0 amide bonds. The van der Waals surface area contributed by atoms with E-state index < -0.39 is 0 Å². The number of aryl methyl sites for hydroxylation is 1. The van der Waals surface area contributed by atoms with Crippen LogP contribution in [-0.2, 0) is 0 Å². The molecule has 0 radical (unpaired) electrons. The van der Waals surface area contributed by atoms with E-state index in [1.165, 1.54) is 19.3 Å². The minimum Gasteiger partial charge on any atom is -0.477 e. The van der Waals surface area contributed by atoms with Gasteiger partial charge in [0.2, 0.25) is 5.88 Å². The fourth-order valence-corrected chi connectivity index (χ4v) is 2.39. The van der Waals surface area contributed by atoms with Crippen molar-refractivity contribution in [3.05, 3.63) is 16.2 Å². The van der Waals surface area contributed by atoms with Crippen LogP contribution in [0.15, 0.2) is 15.5 Å². The highest BCUT2D eigenvalue weighted by Crippen LogP contribution is 2.34. The van der Waals surface area contributed by atoms with Gasteiger partial charge in [-0.3, -0.25) is 0 Å². The minimum absolute atomic E-state index is 0.672. The van der Waals surface area contributed by atoms with Crippen molar-refractivity contribution in [3.63, 3.8) is 0 Å². The van der Waals surface area contributed by atoms with E-state index in [4.69, 9.17) is 4.74 Å². The van der Waals surface area contributed by atoms with Gasteiger partial charge in [0.25, 0.3) is 0 Å². The van der Waals surface area contributed by atoms with Crippen LogP contribution in [0.4, 0.5) is 5.69 Å². The Hall–Kier alpha value is -1.10. The Morgan fingerprint density at radius 2 is 2.29 bits per heavy atom. The third-order valence-electron chi connectivity index (χ3n) is 3.69. The van der Waals surface area contributed by atoms with E-state index >= 15 is 0 Å². The Labute approximate surface area is 135 Å². The monoisotopic (exact) mass is 353 g/mol. The standard InChI is InChI=1S/C16H24BrN3O/c1-4-20(3)11-18-15-10-14(17)16(19-12(15)2)21-9-5-6-13-7-8-13/h10-11,13H,4-9H2,1-3H3/b18-11+. The predicted octanol–water partition coefficient (Wildman–Crippen LogP) is 4.33. The molecule has 4 nitrogen and oxygen atoms in total. The van der Waals surface area contributed by atoms with Crippen molar-refractivity contribution in [2.45, 2.75) is 39.5 Å². The summed E-state index contributed by atoms with van der Waals surface area (Å²) in [6.07, 6.45) is 7.02. The lowest BCUT2D eigenvalue weighted by Crippen LogP contribution is -2.14. The van der Waals surface area contributed by atoms with Crippen molar-refractivity contribution < 1.29 is 4.74 Å². The van der Waals surface area contributed by atoms with Crippen molar-refractivity contribution in [2.24, 2.45) is 10.9 Å². The second kappa shape index (κ2) is 7.78. The maximum absolute atomic E-state index is 5.78. The molecule has 1 aromatic rings. The molecule has 0 unspecified atom stereocenters. The third kappa shape index (κ3) is 5.30. The van der Waals surface area contributed by atoms with Crippen LogP contribution in [-0.4, -0.2) is 36.4 Å². The van der Waals surface area contributed by atoms with Crippen molar-refractivity contribution in [3.8, 4) is 5.88 Å². The van der Waals surface area contributed by atoms with Gasteiger partial charge in [-0.25, -0.2) is 9.98 Å². The van der Waals surface area contributed by atoms with Gasteiger partial charge in [-0.05, 0) is 54.6 Å². The number of nitrogens with zero attached hydrogens (tertiary/aromatic N) is 3. The number of rotatable bonds is 8. The molecule has 0 aromatic carbocycles. The summed E-state index contributed by atoms with van der Waals surface area (Å²) in [4.78, 5) is 11.0. The molecule has 116 valence electrons. The number of hydrogen-bond acceptors (Lipinski definition) is 3. The van der Waals surface area contributed by atoms with E-state index in [0.29, 0.717) is 5.88 Å². The summed E-state index contributed by atoms with van der Waals surface area (Å²) < 4.78 is 6.64. The van der Waals surface area contributed by atoms with E-state index in [2.05, 4.69) is 32.8 Å². The fourth-order valence-electron chi connectivity index (χ4n) is 1.97. The van der Waals surface area contributed by atoms with E-state index in [0.717, 1.165) is 41.3 Å². The third-order valence-corrected chi connectivity index (χ3v) is 4.26. The van der Waals surface area contributed by atoms with E-state index in [1.54, 1.807) is 0 Å². The Morgan fingerprint density at radius 3 is 2.95 bits per heavy atom. The number of hydrogen-bond donors (Lipinski definition) is 0. The average molecular weight is 354 g/mol. The molecule has 0 spiro atoms. The summed E-state index contributed by atoms with van der Waals surface area (Å²) in [6, 6.07) is 1.97. The first kappa shape index (κ1) is 16.3. The summed E-state index contributed by atoms with van der Waals surface area (Å²) in [5.41, 5.74) is 1.75. The lowest BCUT2D eigenvalue weighted by atomic mass is 10.2. The SMILES string of the molecule is CCN(C)/C=N/c1cc(Br)c(OCCCC2CC2)nc1C. The fraction of sp³-hybridized carbons (Fsp3) is 0.625. The number of aliphatic imine (C=N–C) groups is 1. The molecule has 0 saturated heterocycles. The molecule has 1 heterocycles. The molecule has 2 rings (SSSR count). The maximum Gasteiger partial charge on any atom is 0.228 e. The van der Waals surface area contributed by atoms with Gasteiger partial charge in [-0.15, -0.1) is 0 Å². The van der Waals surface area contributed by atoms with Crippen LogP contribution in [0, 0.1) is 12.8 Å². The second-order valence-electron chi connectivity index (χ2n) is 5.63. The first-order valence-electron chi connectivity index (χ1n) is 7.64. The first-order valence-corrected chi connectivity index (χ1v) is 8.43. The lowest BCUT2D eigenvalue weighted by molar-refractivity contribution is 0.290. The van der Waals surface area contributed by atoms with E-state index in [9.17, 15) is 0 Å². The summed E-state index contributed by atoms with van der Waals surface area (Å²) in [5, 5.41) is 0. The summed E-state index contributed by atoms with van der Waals surface area (Å²) in [7, 11) is 2.00. The normalized spacial score (nSPS) is 14.7. The van der Waals surface area contributed by atoms with E-state index in [-0.39, 0.29) is 0 Å². The van der Waals surface area contributed by atoms with Gasteiger partial charge in [-0.2, -0.15) is 0 Å². The van der Waals surface area contributed by atoms with Gasteiger partial charge in [0.15, 0.2) is 0 Å². The summed E-state index contributed by atoms with van der Waals surface area (Å²) in [5.74, 6) is 1.63. The van der Waals surface area contributed by atoms with Crippen LogP contribution < -0.4 is 4.74 Å². The molecule has 0 aliphatic heterocycles. The highest BCUT2D eigenvalue weighted by atomic mass is 79.9. The van der Waals surface area contributed by atoms with Crippen LogP contribution >= 0.6 is 15.9 Å². The topological polar surface area (TPSA) is 37.7 Å². The molecule has 21 heavy (non-hydrogen) atoms. The molecule has 0 N–H and O–H groups in total. The van der Waals surface area contributed by atoms with Crippen LogP contribution in [0.25, 0.3) is 0 Å². The van der Waals surface area contributed by atoms with Gasteiger partial charge in [0.05, 0.1) is 28.8 Å². The quantitative estimate of drug-likeness (QED) is 0.396. The molecule has 0 bridgehead atoms. The molecule has 1 aliphatic rings. The molecule has 0 atom stereocenters. The molecule has 1 aliphatic carbocycles. The lowest BCUT2D eigenvalue weighted by Gasteiger charge is -2.11. The summed E-state index contributed by atoms with van der Waals surface area (Å²) >= 11 is 3.52. The molecule has 1 saturated carbocycles. The van der Waals surface area contributed by atoms with Crippen LogP contribution in [0.2, 0.25) is 0 Å². The van der Waals surface area contributed by atoms with Gasteiger partial charge in [0.1, 0.15) is 0 Å². The Balaban J connectivity index is 1.93.